The van der Waals surface area contributed by atoms with Gasteiger partial charge in [-0.15, -0.1) is 4.36 Å². The summed E-state index contributed by atoms with van der Waals surface area (Å²) >= 11 is 3.21. The van der Waals surface area contributed by atoms with Gasteiger partial charge in [0.25, 0.3) is 0 Å². The average Bonchev–Trinajstić information content (AvgIpc) is 1.94. The van der Waals surface area contributed by atoms with Crippen LogP contribution in [-0.4, -0.2) is 8.42 Å². The third kappa shape index (κ3) is 2.42. The first-order valence-electron chi connectivity index (χ1n) is 3.17. The van der Waals surface area contributed by atoms with Crippen molar-refractivity contribution in [3.63, 3.8) is 0 Å². The van der Waals surface area contributed by atoms with Crippen molar-refractivity contribution >= 4 is 32.1 Å². The molecule has 0 atom stereocenters. The van der Waals surface area contributed by atoms with Crippen molar-refractivity contribution in [1.82, 2.24) is 0 Å². The molecular weight excluding hydrogens is 242 g/mol. The zero-order chi connectivity index (χ0) is 9.14. The minimum Gasteiger partial charge on any atom is -0.163 e. The van der Waals surface area contributed by atoms with Gasteiger partial charge in [0, 0.05) is 4.47 Å². The monoisotopic (exact) mass is 247 g/mol. The molecule has 0 N–H and O–H groups in total. The van der Waals surface area contributed by atoms with Gasteiger partial charge >= 0.3 is 10.5 Å². The van der Waals surface area contributed by atoms with E-state index < -0.39 is 10.5 Å². The maximum absolute atomic E-state index is 10.2. The van der Waals surface area contributed by atoms with Crippen LogP contribution in [0.4, 0.5) is 5.69 Å². The lowest BCUT2D eigenvalue weighted by atomic mass is 10.2. The summed E-state index contributed by atoms with van der Waals surface area (Å²) in [6.45, 7) is 1.92. The smallest absolute Gasteiger partial charge is 0.163 e. The lowest BCUT2D eigenvalue weighted by Gasteiger charge is -1.95. The molecular formula is C7H6BrNO2S. The maximum atomic E-state index is 10.2. The van der Waals surface area contributed by atoms with Crippen LogP contribution in [-0.2, 0) is 10.5 Å². The van der Waals surface area contributed by atoms with Crippen LogP contribution in [0.2, 0.25) is 0 Å². The quantitative estimate of drug-likeness (QED) is 0.766. The highest BCUT2D eigenvalue weighted by Gasteiger charge is 1.97. The number of benzene rings is 1. The van der Waals surface area contributed by atoms with Crippen LogP contribution < -0.4 is 0 Å². The van der Waals surface area contributed by atoms with Gasteiger partial charge in [-0.25, -0.2) is 0 Å². The highest BCUT2D eigenvalue weighted by molar-refractivity contribution is 9.10. The molecule has 0 aliphatic carbocycles. The second-order valence-electron chi connectivity index (χ2n) is 2.26. The first-order chi connectivity index (χ1) is 5.59. The van der Waals surface area contributed by atoms with Crippen LogP contribution in [0, 0.1) is 6.92 Å². The predicted octanol–water partition coefficient (Wildman–Crippen LogP) is 2.45. The number of halogens is 1. The fraction of sp³-hybridized carbons (Fsp3) is 0.143. The average molecular weight is 248 g/mol. The largest absolute Gasteiger partial charge is 0.316 e. The molecule has 1 rings (SSSR count). The van der Waals surface area contributed by atoms with Gasteiger partial charge in [-0.1, -0.05) is 6.07 Å². The molecule has 0 fully saturated rings. The molecule has 0 aromatic heterocycles. The Labute approximate surface area is 80.3 Å². The summed E-state index contributed by atoms with van der Waals surface area (Å²) in [5, 5.41) is 0. The van der Waals surface area contributed by atoms with Crippen LogP contribution in [0.15, 0.2) is 27.0 Å². The Morgan fingerprint density at radius 1 is 1.42 bits per heavy atom. The van der Waals surface area contributed by atoms with Crippen molar-refractivity contribution in [2.75, 3.05) is 0 Å². The SMILES string of the molecule is Cc1ccc(N=S(=O)=O)c(Br)c1. The molecule has 0 heterocycles. The van der Waals surface area contributed by atoms with Crippen LogP contribution in [0.5, 0.6) is 0 Å². The molecule has 0 saturated heterocycles. The Morgan fingerprint density at radius 2 is 2.08 bits per heavy atom. The Kier molecular flexibility index (Phi) is 2.99. The van der Waals surface area contributed by atoms with Crippen molar-refractivity contribution in [3.8, 4) is 0 Å². The Morgan fingerprint density at radius 3 is 2.58 bits per heavy atom. The summed E-state index contributed by atoms with van der Waals surface area (Å²) < 4.78 is 24.5. The number of nitrogens with zero attached hydrogens (tertiary/aromatic N) is 1. The fourth-order valence-electron chi connectivity index (χ4n) is 0.766. The van der Waals surface area contributed by atoms with Gasteiger partial charge in [0.05, 0.1) is 5.69 Å². The first-order valence-corrected chi connectivity index (χ1v) is 4.99. The maximum Gasteiger partial charge on any atom is 0.316 e. The molecule has 5 heteroatoms. The van der Waals surface area contributed by atoms with Crippen molar-refractivity contribution in [2.24, 2.45) is 4.36 Å². The molecule has 0 radical (unpaired) electrons. The second-order valence-corrected chi connectivity index (χ2v) is 3.73. The summed E-state index contributed by atoms with van der Waals surface area (Å²) in [5.74, 6) is 0. The molecule has 0 spiro atoms. The van der Waals surface area contributed by atoms with E-state index in [1.807, 2.05) is 13.0 Å². The van der Waals surface area contributed by atoms with Gasteiger partial charge in [0.2, 0.25) is 0 Å². The lowest BCUT2D eigenvalue weighted by Crippen LogP contribution is -1.72. The fourth-order valence-corrected chi connectivity index (χ4v) is 1.79. The van der Waals surface area contributed by atoms with E-state index >= 15 is 0 Å². The molecule has 12 heavy (non-hydrogen) atoms. The Hall–Kier alpha value is -0.680. The molecule has 0 bridgehead atoms. The minimum absolute atomic E-state index is 0.425. The van der Waals surface area contributed by atoms with Gasteiger partial charge < -0.3 is 0 Å². The first kappa shape index (κ1) is 9.41. The highest BCUT2D eigenvalue weighted by atomic mass is 79.9. The van der Waals surface area contributed by atoms with Gasteiger partial charge in [0.1, 0.15) is 0 Å². The zero-order valence-corrected chi connectivity index (χ0v) is 8.68. The van der Waals surface area contributed by atoms with E-state index in [0.29, 0.717) is 10.2 Å². The van der Waals surface area contributed by atoms with Crippen LogP contribution in [0.1, 0.15) is 5.56 Å². The molecule has 1 aromatic rings. The molecule has 3 nitrogen and oxygen atoms in total. The van der Waals surface area contributed by atoms with E-state index in [4.69, 9.17) is 0 Å². The Balaban J connectivity index is 3.28. The van der Waals surface area contributed by atoms with Crippen molar-refractivity contribution < 1.29 is 8.42 Å². The van der Waals surface area contributed by atoms with E-state index in [1.54, 1.807) is 12.1 Å². The summed E-state index contributed by atoms with van der Waals surface area (Å²) in [6.07, 6.45) is 0. The van der Waals surface area contributed by atoms with Crippen molar-refractivity contribution in [1.29, 1.82) is 0 Å². The summed E-state index contributed by atoms with van der Waals surface area (Å²) in [6, 6.07) is 5.26. The van der Waals surface area contributed by atoms with E-state index in [9.17, 15) is 8.42 Å². The third-order valence-corrected chi connectivity index (χ3v) is 2.26. The standard InChI is InChI=1S/C7H6BrNO2S/c1-5-2-3-7(6(8)4-5)9-12(10)11/h2-4H,1H3. The van der Waals surface area contributed by atoms with Crippen LogP contribution >= 0.6 is 15.9 Å². The van der Waals surface area contributed by atoms with E-state index in [2.05, 4.69) is 20.3 Å². The predicted molar refractivity (Wildman–Crippen MR) is 49.9 cm³/mol. The molecule has 1 aromatic carbocycles. The number of rotatable bonds is 1. The summed E-state index contributed by atoms with van der Waals surface area (Å²) in [7, 11) is -2.39. The molecule has 0 unspecified atom stereocenters. The summed E-state index contributed by atoms with van der Waals surface area (Å²) in [5.41, 5.74) is 1.48. The number of hydrogen-bond acceptors (Lipinski definition) is 3. The Bertz CT molecular complexity index is 417. The van der Waals surface area contributed by atoms with Crippen LogP contribution in [0.3, 0.4) is 0 Å². The second kappa shape index (κ2) is 3.82. The zero-order valence-electron chi connectivity index (χ0n) is 6.28. The van der Waals surface area contributed by atoms with E-state index in [1.165, 1.54) is 0 Å². The van der Waals surface area contributed by atoms with Crippen molar-refractivity contribution in [3.05, 3.63) is 28.2 Å². The highest BCUT2D eigenvalue weighted by Crippen LogP contribution is 2.25. The van der Waals surface area contributed by atoms with Crippen molar-refractivity contribution in [2.45, 2.75) is 6.92 Å². The lowest BCUT2D eigenvalue weighted by molar-refractivity contribution is 0.622. The molecule has 64 valence electrons. The normalized spacial score (nSPS) is 9.50. The minimum atomic E-state index is -2.39. The van der Waals surface area contributed by atoms with Crippen LogP contribution in [0.25, 0.3) is 0 Å². The number of hydrogen-bond donors (Lipinski definition) is 0. The molecule has 0 aliphatic rings. The molecule has 0 aliphatic heterocycles. The molecule has 0 saturated carbocycles. The topological polar surface area (TPSA) is 46.5 Å². The van der Waals surface area contributed by atoms with Gasteiger partial charge in [-0.2, -0.15) is 8.42 Å². The van der Waals surface area contributed by atoms with Gasteiger partial charge in [-0.05, 0) is 40.5 Å². The molecule has 0 amide bonds. The van der Waals surface area contributed by atoms with E-state index in [-0.39, 0.29) is 0 Å². The third-order valence-electron chi connectivity index (χ3n) is 1.28. The van der Waals surface area contributed by atoms with Gasteiger partial charge in [-0.3, -0.25) is 0 Å². The summed E-state index contributed by atoms with van der Waals surface area (Å²) in [4.78, 5) is 0. The number of aryl methyl sites for hydroxylation is 1. The van der Waals surface area contributed by atoms with E-state index in [0.717, 1.165) is 5.56 Å². The van der Waals surface area contributed by atoms with Gasteiger partial charge in [0.15, 0.2) is 0 Å².